The summed E-state index contributed by atoms with van der Waals surface area (Å²) in [7, 11) is 0. The summed E-state index contributed by atoms with van der Waals surface area (Å²) in [6.45, 7) is 1.64. The van der Waals surface area contributed by atoms with Gasteiger partial charge in [-0.25, -0.2) is 0 Å². The number of hydrogen-bond donors (Lipinski definition) is 1. The van der Waals surface area contributed by atoms with Gasteiger partial charge in [0, 0.05) is 31.7 Å². The predicted molar refractivity (Wildman–Crippen MR) is 73.1 cm³/mol. The molecule has 6 nitrogen and oxygen atoms in total. The monoisotopic (exact) mass is 296 g/mol. The molecule has 1 atom stereocenters. The van der Waals surface area contributed by atoms with Gasteiger partial charge in [-0.05, 0) is 12.8 Å². The average molecular weight is 297 g/mol. The minimum absolute atomic E-state index is 0.0419. The highest BCUT2D eigenvalue weighted by Gasteiger charge is 2.41. The van der Waals surface area contributed by atoms with E-state index < -0.39 is 0 Å². The first-order valence-corrected chi connectivity index (χ1v) is 7.26. The number of carbonyl (C=O) groups is 2. The van der Waals surface area contributed by atoms with Crippen LogP contribution in [0.2, 0.25) is 5.02 Å². The summed E-state index contributed by atoms with van der Waals surface area (Å²) in [6.07, 6.45) is 5.78. The fourth-order valence-corrected chi connectivity index (χ4v) is 2.70. The molecule has 0 spiro atoms. The van der Waals surface area contributed by atoms with E-state index in [1.54, 1.807) is 17.1 Å². The minimum Gasteiger partial charge on any atom is -0.354 e. The van der Waals surface area contributed by atoms with Crippen molar-refractivity contribution in [3.63, 3.8) is 0 Å². The van der Waals surface area contributed by atoms with Crippen LogP contribution in [0, 0.1) is 5.92 Å². The van der Waals surface area contributed by atoms with Crippen molar-refractivity contribution in [1.29, 1.82) is 0 Å². The highest BCUT2D eigenvalue weighted by Crippen LogP contribution is 2.32. The molecule has 108 valence electrons. The number of halogens is 1. The summed E-state index contributed by atoms with van der Waals surface area (Å²) in [6, 6.07) is 0.395. The van der Waals surface area contributed by atoms with E-state index >= 15 is 0 Å². The molecule has 2 heterocycles. The van der Waals surface area contributed by atoms with E-state index in [-0.39, 0.29) is 17.7 Å². The van der Waals surface area contributed by atoms with E-state index in [9.17, 15) is 9.59 Å². The lowest BCUT2D eigenvalue weighted by molar-refractivity contribution is -0.129. The number of nitrogens with zero attached hydrogens (tertiary/aromatic N) is 3. The first-order valence-electron chi connectivity index (χ1n) is 6.88. The van der Waals surface area contributed by atoms with Crippen molar-refractivity contribution >= 4 is 23.4 Å². The van der Waals surface area contributed by atoms with E-state index in [2.05, 4.69) is 10.4 Å². The van der Waals surface area contributed by atoms with Crippen LogP contribution in [0.25, 0.3) is 0 Å². The van der Waals surface area contributed by atoms with Gasteiger partial charge in [-0.1, -0.05) is 11.6 Å². The van der Waals surface area contributed by atoms with Gasteiger partial charge in [0.05, 0.1) is 23.7 Å². The van der Waals surface area contributed by atoms with Gasteiger partial charge in [0.25, 0.3) is 0 Å². The van der Waals surface area contributed by atoms with E-state index in [0.717, 1.165) is 12.8 Å². The van der Waals surface area contributed by atoms with E-state index in [1.165, 1.54) is 0 Å². The standard InChI is InChI=1S/C13H17ClN4O2/c14-10-6-16-17(8-10)4-3-15-13(20)9-5-12(19)18(7-9)11-1-2-11/h6,8-9,11H,1-5,7H2,(H,15,20). The Morgan fingerprint density at radius 3 is 2.95 bits per heavy atom. The summed E-state index contributed by atoms with van der Waals surface area (Å²) in [4.78, 5) is 25.7. The van der Waals surface area contributed by atoms with Gasteiger partial charge < -0.3 is 10.2 Å². The minimum atomic E-state index is -0.204. The molecule has 1 saturated carbocycles. The van der Waals surface area contributed by atoms with E-state index in [0.29, 0.717) is 37.1 Å². The fourth-order valence-electron chi connectivity index (χ4n) is 2.54. The van der Waals surface area contributed by atoms with Gasteiger partial charge in [-0.3, -0.25) is 14.3 Å². The molecular formula is C13H17ClN4O2. The number of aromatic nitrogens is 2. The number of likely N-dealkylation sites (tertiary alicyclic amines) is 1. The molecule has 0 radical (unpaired) electrons. The van der Waals surface area contributed by atoms with Crippen LogP contribution in [0.3, 0.4) is 0 Å². The van der Waals surface area contributed by atoms with Crippen molar-refractivity contribution < 1.29 is 9.59 Å². The molecule has 20 heavy (non-hydrogen) atoms. The Morgan fingerprint density at radius 1 is 1.50 bits per heavy atom. The van der Waals surface area contributed by atoms with Gasteiger partial charge >= 0.3 is 0 Å². The third-order valence-electron chi connectivity index (χ3n) is 3.76. The van der Waals surface area contributed by atoms with Crippen molar-refractivity contribution in [2.24, 2.45) is 5.92 Å². The molecule has 2 amide bonds. The van der Waals surface area contributed by atoms with Crippen LogP contribution in [0.5, 0.6) is 0 Å². The molecule has 1 aromatic heterocycles. The van der Waals surface area contributed by atoms with Crippen molar-refractivity contribution in [3.8, 4) is 0 Å². The van der Waals surface area contributed by atoms with Crippen LogP contribution < -0.4 is 5.32 Å². The smallest absolute Gasteiger partial charge is 0.225 e. The molecule has 1 unspecified atom stereocenters. The zero-order valence-corrected chi connectivity index (χ0v) is 11.8. The van der Waals surface area contributed by atoms with Crippen LogP contribution in [0.15, 0.2) is 12.4 Å². The third-order valence-corrected chi connectivity index (χ3v) is 3.95. The largest absolute Gasteiger partial charge is 0.354 e. The van der Waals surface area contributed by atoms with Crippen molar-refractivity contribution in [2.75, 3.05) is 13.1 Å². The Hall–Kier alpha value is -1.56. The molecule has 0 bridgehead atoms. The summed E-state index contributed by atoms with van der Waals surface area (Å²) in [5, 5.41) is 7.48. The first-order chi connectivity index (χ1) is 9.63. The van der Waals surface area contributed by atoms with E-state index in [4.69, 9.17) is 11.6 Å². The maximum atomic E-state index is 12.0. The van der Waals surface area contributed by atoms with Crippen LogP contribution in [-0.4, -0.2) is 45.6 Å². The molecule has 2 fully saturated rings. The zero-order valence-electron chi connectivity index (χ0n) is 11.1. The summed E-state index contributed by atoms with van der Waals surface area (Å²) >= 11 is 5.76. The number of nitrogens with one attached hydrogen (secondary N) is 1. The second-order valence-corrected chi connectivity index (χ2v) is 5.83. The number of amides is 2. The number of carbonyl (C=O) groups excluding carboxylic acids is 2. The molecule has 1 aliphatic heterocycles. The Labute approximate surface area is 122 Å². The highest BCUT2D eigenvalue weighted by atomic mass is 35.5. The molecule has 1 aromatic rings. The fraction of sp³-hybridized carbons (Fsp3) is 0.615. The zero-order chi connectivity index (χ0) is 14.1. The highest BCUT2D eigenvalue weighted by molar-refractivity contribution is 6.30. The maximum Gasteiger partial charge on any atom is 0.225 e. The molecule has 1 N–H and O–H groups in total. The third kappa shape index (κ3) is 2.95. The van der Waals surface area contributed by atoms with Crippen molar-refractivity contribution in [2.45, 2.75) is 31.8 Å². The van der Waals surface area contributed by atoms with Crippen molar-refractivity contribution in [3.05, 3.63) is 17.4 Å². The topological polar surface area (TPSA) is 67.2 Å². The summed E-state index contributed by atoms with van der Waals surface area (Å²) < 4.78 is 1.68. The Kier molecular flexibility index (Phi) is 3.65. The second-order valence-electron chi connectivity index (χ2n) is 5.39. The Balaban J connectivity index is 1.44. The summed E-state index contributed by atoms with van der Waals surface area (Å²) in [5.74, 6) is -0.129. The molecular weight excluding hydrogens is 280 g/mol. The van der Waals surface area contributed by atoms with Crippen LogP contribution in [0.4, 0.5) is 0 Å². The van der Waals surface area contributed by atoms with Crippen molar-refractivity contribution in [1.82, 2.24) is 20.0 Å². The Morgan fingerprint density at radius 2 is 2.30 bits per heavy atom. The second kappa shape index (κ2) is 5.44. The van der Waals surface area contributed by atoms with Gasteiger partial charge in [0.1, 0.15) is 0 Å². The average Bonchev–Trinajstić information content (AvgIpc) is 3.06. The lowest BCUT2D eigenvalue weighted by Gasteiger charge is -2.15. The normalized spacial score (nSPS) is 22.4. The molecule has 1 aliphatic carbocycles. The maximum absolute atomic E-state index is 12.0. The van der Waals surface area contributed by atoms with Crippen LogP contribution in [-0.2, 0) is 16.1 Å². The molecule has 3 rings (SSSR count). The predicted octanol–water partition coefficient (Wildman–Crippen LogP) is 0.664. The van der Waals surface area contributed by atoms with Gasteiger partial charge in [-0.2, -0.15) is 5.10 Å². The lowest BCUT2D eigenvalue weighted by atomic mass is 10.1. The quantitative estimate of drug-likeness (QED) is 0.868. The van der Waals surface area contributed by atoms with Gasteiger partial charge in [0.2, 0.25) is 11.8 Å². The summed E-state index contributed by atoms with van der Waals surface area (Å²) in [5.41, 5.74) is 0. The van der Waals surface area contributed by atoms with Gasteiger partial charge in [0.15, 0.2) is 0 Å². The van der Waals surface area contributed by atoms with Crippen LogP contribution in [0.1, 0.15) is 19.3 Å². The molecule has 2 aliphatic rings. The molecule has 7 heteroatoms. The SMILES string of the molecule is O=C(NCCn1cc(Cl)cn1)C1CC(=O)N(C2CC2)C1. The first kappa shape index (κ1) is 13.4. The van der Waals surface area contributed by atoms with E-state index in [1.807, 2.05) is 4.90 Å². The lowest BCUT2D eigenvalue weighted by Crippen LogP contribution is -2.35. The molecule has 1 saturated heterocycles. The number of hydrogen-bond acceptors (Lipinski definition) is 3. The Bertz CT molecular complexity index is 526. The number of rotatable bonds is 5. The van der Waals surface area contributed by atoms with Gasteiger partial charge in [-0.15, -0.1) is 0 Å². The van der Waals surface area contributed by atoms with Crippen LogP contribution >= 0.6 is 11.6 Å². The molecule has 0 aromatic carbocycles.